The summed E-state index contributed by atoms with van der Waals surface area (Å²) in [6.45, 7) is 6.79. The lowest BCUT2D eigenvalue weighted by Crippen LogP contribution is -2.47. The Morgan fingerprint density at radius 3 is 2.55 bits per heavy atom. The zero-order chi connectivity index (χ0) is 20.2. The van der Waals surface area contributed by atoms with Crippen LogP contribution in [0, 0.1) is 6.92 Å². The molecule has 0 spiro atoms. The van der Waals surface area contributed by atoms with E-state index < -0.39 is 0 Å². The van der Waals surface area contributed by atoms with Gasteiger partial charge in [-0.2, -0.15) is 0 Å². The third-order valence-corrected chi connectivity index (χ3v) is 5.50. The van der Waals surface area contributed by atoms with Gasteiger partial charge in [0, 0.05) is 55.7 Å². The van der Waals surface area contributed by atoms with Gasteiger partial charge in [-0.05, 0) is 44.2 Å². The van der Waals surface area contributed by atoms with E-state index in [1.807, 2.05) is 18.2 Å². The summed E-state index contributed by atoms with van der Waals surface area (Å²) in [5, 5.41) is 0. The summed E-state index contributed by atoms with van der Waals surface area (Å²) >= 11 is 0. The zero-order valence-electron chi connectivity index (χ0n) is 16.6. The highest BCUT2D eigenvalue weighted by atomic mass is 16.3. The van der Waals surface area contributed by atoms with Crippen molar-refractivity contribution in [3.8, 4) is 11.3 Å². The highest BCUT2D eigenvalue weighted by Gasteiger charge is 2.20. The molecule has 2 aromatic heterocycles. The first-order valence-corrected chi connectivity index (χ1v) is 10.0. The number of furan rings is 1. The highest BCUT2D eigenvalue weighted by molar-refractivity contribution is 5.75. The van der Waals surface area contributed by atoms with Crippen LogP contribution in [0.4, 0.5) is 5.69 Å². The van der Waals surface area contributed by atoms with E-state index in [-0.39, 0.29) is 11.2 Å². The van der Waals surface area contributed by atoms with Gasteiger partial charge < -0.3 is 14.3 Å². The Morgan fingerprint density at radius 1 is 1.00 bits per heavy atom. The van der Waals surface area contributed by atoms with E-state index >= 15 is 0 Å². The first-order chi connectivity index (χ1) is 14.1. The molecule has 7 heteroatoms. The monoisotopic (exact) mass is 394 g/mol. The zero-order valence-corrected chi connectivity index (χ0v) is 16.6. The minimum atomic E-state index is -0.333. The number of H-pyrrole nitrogens is 1. The van der Waals surface area contributed by atoms with Crippen molar-refractivity contribution in [1.29, 1.82) is 0 Å². The molecule has 4 rings (SSSR count). The molecule has 0 amide bonds. The largest absolute Gasteiger partial charge is 0.464 e. The Morgan fingerprint density at radius 2 is 1.79 bits per heavy atom. The molecule has 7 nitrogen and oxygen atoms in total. The number of nitrogens with zero attached hydrogens (tertiary/aromatic N) is 3. The van der Waals surface area contributed by atoms with Crippen LogP contribution in [0.2, 0.25) is 0 Å². The topological polar surface area (TPSA) is 74.5 Å². The molecular formula is C22H26N4O3. The van der Waals surface area contributed by atoms with E-state index in [9.17, 15) is 9.59 Å². The van der Waals surface area contributed by atoms with Crippen molar-refractivity contribution in [3.63, 3.8) is 0 Å². The summed E-state index contributed by atoms with van der Waals surface area (Å²) < 4.78 is 6.90. The molecule has 0 radical (unpaired) electrons. The van der Waals surface area contributed by atoms with E-state index in [1.165, 1.54) is 16.5 Å². The molecular weight excluding hydrogens is 368 g/mol. The number of hydrogen-bond donors (Lipinski definition) is 1. The molecule has 1 aromatic carbocycles. The Bertz CT molecular complexity index is 1060. The van der Waals surface area contributed by atoms with Crippen LogP contribution in [-0.4, -0.2) is 47.2 Å². The van der Waals surface area contributed by atoms with Gasteiger partial charge in [0.05, 0.1) is 6.26 Å². The SMILES string of the molecule is Cc1c[nH]c(=O)n(CCCN2CCN(c3ccccc3-c3ccco3)CC2)c1=O. The Labute approximate surface area is 169 Å². The number of benzene rings is 1. The first-order valence-electron chi connectivity index (χ1n) is 10.0. The van der Waals surface area contributed by atoms with Crippen molar-refractivity contribution < 1.29 is 4.42 Å². The number of nitrogens with one attached hydrogen (secondary N) is 1. The lowest BCUT2D eigenvalue weighted by Gasteiger charge is -2.36. The van der Waals surface area contributed by atoms with Crippen molar-refractivity contribution in [2.24, 2.45) is 0 Å². The maximum Gasteiger partial charge on any atom is 0.328 e. The third-order valence-electron chi connectivity index (χ3n) is 5.50. The fourth-order valence-electron chi connectivity index (χ4n) is 3.87. The van der Waals surface area contributed by atoms with E-state index in [2.05, 4.69) is 33.0 Å². The van der Waals surface area contributed by atoms with Gasteiger partial charge in [-0.3, -0.25) is 14.3 Å². The van der Waals surface area contributed by atoms with Gasteiger partial charge in [0.25, 0.3) is 5.56 Å². The number of aryl methyl sites for hydroxylation is 1. The number of hydrogen-bond acceptors (Lipinski definition) is 5. The lowest BCUT2D eigenvalue weighted by molar-refractivity contribution is 0.249. The Kier molecular flexibility index (Phi) is 5.67. The van der Waals surface area contributed by atoms with E-state index in [0.29, 0.717) is 12.1 Å². The fourth-order valence-corrected chi connectivity index (χ4v) is 3.87. The molecule has 1 N–H and O–H groups in total. The number of aromatic amines is 1. The van der Waals surface area contributed by atoms with Gasteiger partial charge in [0.15, 0.2) is 0 Å². The smallest absolute Gasteiger partial charge is 0.328 e. The van der Waals surface area contributed by atoms with Gasteiger partial charge in [0.2, 0.25) is 0 Å². The second-order valence-corrected chi connectivity index (χ2v) is 7.41. The molecule has 0 atom stereocenters. The Hall–Kier alpha value is -3.06. The van der Waals surface area contributed by atoms with Crippen molar-refractivity contribution in [3.05, 3.63) is 75.3 Å². The highest BCUT2D eigenvalue weighted by Crippen LogP contribution is 2.31. The Balaban J connectivity index is 1.34. The lowest BCUT2D eigenvalue weighted by atomic mass is 10.1. The number of aromatic nitrogens is 2. The van der Waals surface area contributed by atoms with Crippen molar-refractivity contribution in [1.82, 2.24) is 14.5 Å². The van der Waals surface area contributed by atoms with Gasteiger partial charge in [-0.25, -0.2) is 4.79 Å². The molecule has 0 aliphatic carbocycles. The minimum absolute atomic E-state index is 0.201. The molecule has 3 heterocycles. The summed E-state index contributed by atoms with van der Waals surface area (Å²) in [6, 6.07) is 12.2. The second-order valence-electron chi connectivity index (χ2n) is 7.41. The van der Waals surface area contributed by atoms with Crippen LogP contribution < -0.4 is 16.1 Å². The van der Waals surface area contributed by atoms with E-state index in [1.54, 1.807) is 13.2 Å². The molecule has 0 bridgehead atoms. The van der Waals surface area contributed by atoms with Crippen LogP contribution in [-0.2, 0) is 6.54 Å². The van der Waals surface area contributed by atoms with Crippen LogP contribution in [0.3, 0.4) is 0 Å². The molecule has 152 valence electrons. The average molecular weight is 394 g/mol. The van der Waals surface area contributed by atoms with Gasteiger partial charge in [-0.1, -0.05) is 12.1 Å². The van der Waals surface area contributed by atoms with Crippen LogP contribution in [0.25, 0.3) is 11.3 Å². The number of para-hydroxylation sites is 1. The molecule has 29 heavy (non-hydrogen) atoms. The summed E-state index contributed by atoms with van der Waals surface area (Å²) in [4.78, 5) is 31.4. The molecule has 1 saturated heterocycles. The van der Waals surface area contributed by atoms with Crippen molar-refractivity contribution in [2.45, 2.75) is 19.9 Å². The normalized spacial score (nSPS) is 15.0. The fraction of sp³-hybridized carbons (Fsp3) is 0.364. The van der Waals surface area contributed by atoms with Crippen LogP contribution in [0.5, 0.6) is 0 Å². The second kappa shape index (κ2) is 8.53. The van der Waals surface area contributed by atoms with Gasteiger partial charge in [-0.15, -0.1) is 0 Å². The maximum absolute atomic E-state index is 12.1. The minimum Gasteiger partial charge on any atom is -0.464 e. The summed E-state index contributed by atoms with van der Waals surface area (Å²) in [6.07, 6.45) is 3.95. The van der Waals surface area contributed by atoms with Crippen LogP contribution in [0.15, 0.2) is 62.9 Å². The quantitative estimate of drug-likeness (QED) is 0.695. The number of rotatable bonds is 6. The summed E-state index contributed by atoms with van der Waals surface area (Å²) in [7, 11) is 0. The summed E-state index contributed by atoms with van der Waals surface area (Å²) in [5.74, 6) is 0.886. The summed E-state index contributed by atoms with van der Waals surface area (Å²) in [5.41, 5.74) is 2.34. The predicted molar refractivity (Wildman–Crippen MR) is 113 cm³/mol. The molecule has 0 saturated carbocycles. The van der Waals surface area contributed by atoms with Crippen molar-refractivity contribution >= 4 is 5.69 Å². The van der Waals surface area contributed by atoms with Crippen LogP contribution >= 0.6 is 0 Å². The van der Waals surface area contributed by atoms with E-state index in [0.717, 1.165) is 50.5 Å². The number of anilines is 1. The van der Waals surface area contributed by atoms with Gasteiger partial charge in [0.1, 0.15) is 5.76 Å². The first kappa shape index (κ1) is 19.3. The number of piperazine rings is 1. The van der Waals surface area contributed by atoms with Crippen LogP contribution in [0.1, 0.15) is 12.0 Å². The van der Waals surface area contributed by atoms with Crippen molar-refractivity contribution in [2.75, 3.05) is 37.6 Å². The average Bonchev–Trinajstić information content (AvgIpc) is 3.29. The molecule has 0 unspecified atom stereocenters. The molecule has 1 fully saturated rings. The standard InChI is InChI=1S/C22H26N4O3/c1-17-16-23-22(28)26(21(17)27)10-5-9-24-11-13-25(14-12-24)19-7-3-2-6-18(19)20-8-4-15-29-20/h2-4,6-8,15-16H,5,9-14H2,1H3,(H,23,28). The predicted octanol–water partition coefficient (Wildman–Crippen LogP) is 2.32. The van der Waals surface area contributed by atoms with Gasteiger partial charge >= 0.3 is 5.69 Å². The molecule has 3 aromatic rings. The third kappa shape index (κ3) is 4.19. The maximum atomic E-state index is 12.1. The van der Waals surface area contributed by atoms with E-state index in [4.69, 9.17) is 4.42 Å². The molecule has 1 aliphatic rings. The molecule has 1 aliphatic heterocycles.